The number of methoxy groups -OCH3 is 3. The molecule has 6 aromatic carbocycles. The molecule has 9 rings (SSSR count). The molecule has 3 fully saturated rings. The third kappa shape index (κ3) is 16.9. The van der Waals surface area contributed by atoms with Crippen molar-refractivity contribution >= 4 is 88.5 Å². The Bertz CT molecular complexity index is 3560. The lowest BCUT2D eigenvalue weighted by Crippen LogP contribution is -2.71. The number of carbonyl (C=O) groups is 9. The van der Waals surface area contributed by atoms with E-state index >= 15 is 0 Å². The van der Waals surface area contributed by atoms with E-state index in [2.05, 4.69) is 5.32 Å². The Morgan fingerprint density at radius 2 is 0.731 bits per heavy atom. The molecule has 93 heavy (non-hydrogen) atoms. The Kier molecular flexibility index (Phi) is 23.3. The number of aliphatic hydroxyl groups is 1. The zero-order chi connectivity index (χ0) is 66.3. The summed E-state index contributed by atoms with van der Waals surface area (Å²) in [6.45, 7) is -0.950. The molecule has 3 aliphatic heterocycles. The molecule has 3 saturated heterocycles. The third-order valence-electron chi connectivity index (χ3n) is 14.6. The summed E-state index contributed by atoms with van der Waals surface area (Å²) in [6.07, 6.45) is -30.0. The van der Waals surface area contributed by atoms with E-state index in [0.29, 0.717) is 0 Å². The maximum absolute atomic E-state index is 14.5. The molecular weight excluding hydrogens is 1290 g/mol. The van der Waals surface area contributed by atoms with Crippen LogP contribution < -0.4 is 5.32 Å². The van der Waals surface area contributed by atoms with Crippen molar-refractivity contribution in [1.82, 2.24) is 5.32 Å². The number of alkyl halides is 3. The fourth-order valence-electron chi connectivity index (χ4n) is 10.0. The number of halogens is 3. The largest absolute Gasteiger partial charge is 0.467 e. The zero-order valence-electron chi connectivity index (χ0n) is 49.2. The molecule has 0 aliphatic carbocycles. The van der Waals surface area contributed by atoms with Crippen LogP contribution in [0.25, 0.3) is 0 Å². The Labute approximate surface area is 545 Å². The predicted molar refractivity (Wildman–Crippen MR) is 320 cm³/mol. The van der Waals surface area contributed by atoms with Crippen molar-refractivity contribution in [3.05, 3.63) is 215 Å². The van der Waals surface area contributed by atoms with Crippen molar-refractivity contribution in [1.29, 1.82) is 0 Å². The van der Waals surface area contributed by atoms with Crippen molar-refractivity contribution in [3.8, 4) is 0 Å². The number of nitrogens with one attached hydrogen (secondary N) is 1. The number of rotatable bonds is 21. The van der Waals surface area contributed by atoms with Crippen LogP contribution in [0.5, 0.6) is 0 Å². The quantitative estimate of drug-likeness (QED) is 0.0465. The van der Waals surface area contributed by atoms with Gasteiger partial charge in [-0.15, -0.1) is 0 Å². The Balaban J connectivity index is 1.21. The highest BCUT2D eigenvalue weighted by Gasteiger charge is 2.61. The second kappa shape index (κ2) is 31.6. The molecule has 25 nitrogen and oxygen atoms in total. The lowest BCUT2D eigenvalue weighted by atomic mass is 9.93. The van der Waals surface area contributed by atoms with Gasteiger partial charge in [0.2, 0.25) is 0 Å². The monoisotopic (exact) mass is 1340 g/mol. The van der Waals surface area contributed by atoms with E-state index in [9.17, 15) is 48.3 Å². The fraction of sp³-hybridized carbons (Fsp3) is 0.308. The van der Waals surface area contributed by atoms with Gasteiger partial charge in [-0.2, -0.15) is 0 Å². The van der Waals surface area contributed by atoms with Gasteiger partial charge < -0.3 is 76.7 Å². The average Bonchev–Trinajstić information content (AvgIpc) is 0.800. The van der Waals surface area contributed by atoms with Crippen molar-refractivity contribution in [3.63, 3.8) is 0 Å². The van der Waals surface area contributed by atoms with Gasteiger partial charge in [0.1, 0.15) is 37.1 Å². The normalized spacial score (nSPS) is 25.9. The third-order valence-corrected chi connectivity index (χ3v) is 15.1. The molecule has 0 unspecified atom stereocenters. The first-order valence-electron chi connectivity index (χ1n) is 28.3. The molecule has 488 valence electrons. The second-order valence-electron chi connectivity index (χ2n) is 20.5. The number of aliphatic hydroxyl groups excluding tert-OH is 1. The molecule has 0 saturated carbocycles. The van der Waals surface area contributed by atoms with Crippen LogP contribution in [-0.4, -0.2) is 183 Å². The van der Waals surface area contributed by atoms with Crippen LogP contribution in [0.4, 0.5) is 0 Å². The number of esters is 8. The molecule has 28 heteroatoms. The molecule has 3 aliphatic rings. The highest BCUT2D eigenvalue weighted by molar-refractivity contribution is 6.76. The van der Waals surface area contributed by atoms with Gasteiger partial charge in [-0.3, -0.25) is 4.79 Å². The standard InChI is InChI=1S/C65H58Cl3NO24/c1-80-59(77)49-45(85-54(72)36-24-12-5-13-25-36)47(86-55(73)37-26-14-6-15-27-37)52(89-58(76)40-32-20-9-21-33-40)63(93-49)90-44-42(69-64(79)65(66,67)68)61(84-41(43(44)70)34-83-53(71)35-22-10-4-11-23-35)91-46-48(87-56(74)38-28-16-7-17-29-38)51(62(82-3)92-50(46)60(78)81-2)88-57(75)39-30-18-8-19-31-39/h4-33,41-52,61-63,70H,34H2,1-3H3,(H,69,79)/t41-,42-,43+,44-,45+,46+,47+,48+,49+,50+,51-,52-,61+,62-,63-/m1/s1. The molecule has 2 N–H and O–H groups in total. The van der Waals surface area contributed by atoms with Gasteiger partial charge >= 0.3 is 47.8 Å². The van der Waals surface area contributed by atoms with Gasteiger partial charge in [0.15, 0.2) is 61.6 Å². The van der Waals surface area contributed by atoms with Crippen LogP contribution >= 0.6 is 34.8 Å². The van der Waals surface area contributed by atoms with E-state index in [-0.39, 0.29) is 33.4 Å². The van der Waals surface area contributed by atoms with Crippen LogP contribution in [0.1, 0.15) is 62.1 Å². The maximum Gasteiger partial charge on any atom is 0.339 e. The number of carbonyl (C=O) groups excluding carboxylic acids is 9. The van der Waals surface area contributed by atoms with Crippen LogP contribution in [0.15, 0.2) is 182 Å². The van der Waals surface area contributed by atoms with Gasteiger partial charge in [0.05, 0.1) is 47.6 Å². The minimum atomic E-state index is -2.92. The molecule has 0 aromatic heterocycles. The second-order valence-corrected chi connectivity index (χ2v) is 22.8. The van der Waals surface area contributed by atoms with Crippen LogP contribution in [0.2, 0.25) is 0 Å². The summed E-state index contributed by atoms with van der Waals surface area (Å²) in [5.41, 5.74) is -0.423. The highest BCUT2D eigenvalue weighted by atomic mass is 35.6. The van der Waals surface area contributed by atoms with Crippen LogP contribution in [-0.2, 0) is 80.7 Å². The molecule has 6 aromatic rings. The molecular formula is C65H58Cl3NO24. The SMILES string of the molecule is COC(=O)[C@H]1O[C@@H](O[C@H]2[C@@H](O)[C@@H](COC(=O)c3ccccc3)O[C@@H](O[C@H]3[C@H](OC(=O)c4ccccc4)[C@@H](OC(=O)c4ccccc4)[C@H](OC)O[C@@H]3C(=O)OC)[C@@H]2NC(=O)C(Cl)(Cl)Cl)[C@H](OC(=O)c2ccccc2)[C@@H](OC(=O)c2ccccc2)[C@@H]1OC(=O)c1ccccc1. The first-order valence-corrected chi connectivity index (χ1v) is 29.5. The summed E-state index contributed by atoms with van der Waals surface area (Å²) in [5.74, 6) is -10.7. The number of ether oxygens (including phenoxy) is 14. The van der Waals surface area contributed by atoms with E-state index in [1.807, 2.05) is 0 Å². The summed E-state index contributed by atoms with van der Waals surface area (Å²) in [7, 11) is 3.00. The van der Waals surface area contributed by atoms with E-state index in [1.165, 1.54) is 146 Å². The molecule has 0 bridgehead atoms. The minimum Gasteiger partial charge on any atom is -0.467 e. The first kappa shape index (κ1) is 68.5. The maximum atomic E-state index is 14.5. The van der Waals surface area contributed by atoms with Gasteiger partial charge in [0, 0.05) is 7.11 Å². The van der Waals surface area contributed by atoms with Gasteiger partial charge in [-0.25, -0.2) is 38.4 Å². The highest BCUT2D eigenvalue weighted by Crippen LogP contribution is 2.39. The van der Waals surface area contributed by atoms with Crippen LogP contribution in [0, 0.1) is 0 Å². The number of benzene rings is 6. The number of hydrogen-bond acceptors (Lipinski definition) is 24. The van der Waals surface area contributed by atoms with Gasteiger partial charge in [-0.1, -0.05) is 144 Å². The predicted octanol–water partition coefficient (Wildman–Crippen LogP) is 6.12. The fourth-order valence-corrected chi connectivity index (χ4v) is 10.2. The number of amides is 1. The number of hydrogen-bond donors (Lipinski definition) is 2. The Morgan fingerprint density at radius 1 is 0.409 bits per heavy atom. The molecule has 0 spiro atoms. The summed E-state index contributed by atoms with van der Waals surface area (Å²) in [4.78, 5) is 128. The van der Waals surface area contributed by atoms with Crippen molar-refractivity contribution < 1.29 is 115 Å². The summed E-state index contributed by atoms with van der Waals surface area (Å²) < 4.78 is 81.6. The molecule has 1 amide bonds. The Hall–Kier alpha value is -8.86. The molecule has 3 heterocycles. The first-order chi connectivity index (χ1) is 44.8. The van der Waals surface area contributed by atoms with Gasteiger partial charge in [0.25, 0.3) is 9.70 Å². The zero-order valence-corrected chi connectivity index (χ0v) is 51.4. The van der Waals surface area contributed by atoms with E-state index < -0.39 is 156 Å². The van der Waals surface area contributed by atoms with Crippen molar-refractivity contribution in [2.24, 2.45) is 0 Å². The van der Waals surface area contributed by atoms with E-state index in [1.54, 1.807) is 36.4 Å². The lowest BCUT2D eigenvalue weighted by Gasteiger charge is -2.50. The van der Waals surface area contributed by atoms with Crippen molar-refractivity contribution in [2.75, 3.05) is 27.9 Å². The van der Waals surface area contributed by atoms with E-state index in [0.717, 1.165) is 21.3 Å². The topological polar surface area (TPSA) is 315 Å². The van der Waals surface area contributed by atoms with Crippen LogP contribution in [0.3, 0.4) is 0 Å². The average molecular weight is 1340 g/mol. The Morgan fingerprint density at radius 3 is 1.11 bits per heavy atom. The lowest BCUT2D eigenvalue weighted by molar-refractivity contribution is -0.358. The molecule has 15 atom stereocenters. The smallest absolute Gasteiger partial charge is 0.339 e. The van der Waals surface area contributed by atoms with Gasteiger partial charge in [-0.05, 0) is 72.8 Å². The summed E-state index contributed by atoms with van der Waals surface area (Å²) in [6, 6.07) is 41.9. The summed E-state index contributed by atoms with van der Waals surface area (Å²) in [5, 5.41) is 15.3. The van der Waals surface area contributed by atoms with Crippen molar-refractivity contribution in [2.45, 2.75) is 95.8 Å². The minimum absolute atomic E-state index is 0.00879. The summed E-state index contributed by atoms with van der Waals surface area (Å²) >= 11 is 18.7. The molecule has 0 radical (unpaired) electrons. The van der Waals surface area contributed by atoms with E-state index in [4.69, 9.17) is 101 Å².